The van der Waals surface area contributed by atoms with Gasteiger partial charge in [0.25, 0.3) is 5.91 Å². The second kappa shape index (κ2) is 9.72. The van der Waals surface area contributed by atoms with Crippen LogP contribution in [0.25, 0.3) is 17.0 Å². The van der Waals surface area contributed by atoms with Gasteiger partial charge in [-0.15, -0.1) is 0 Å². The Labute approximate surface area is 173 Å². The topological polar surface area (TPSA) is 108 Å². The molecule has 0 bridgehead atoms. The van der Waals surface area contributed by atoms with Gasteiger partial charge in [-0.25, -0.2) is 4.79 Å². The molecular formula is C23H18N4O3. The Morgan fingerprint density at radius 2 is 1.87 bits per heavy atom. The zero-order valence-corrected chi connectivity index (χ0v) is 16.0. The van der Waals surface area contributed by atoms with E-state index in [-0.39, 0.29) is 0 Å². The monoisotopic (exact) mass is 398 g/mol. The lowest BCUT2D eigenvalue weighted by molar-refractivity contribution is -0.142. The van der Waals surface area contributed by atoms with Gasteiger partial charge in [-0.3, -0.25) is 4.79 Å². The van der Waals surface area contributed by atoms with Crippen LogP contribution in [0.5, 0.6) is 0 Å². The van der Waals surface area contributed by atoms with Crippen molar-refractivity contribution in [3.63, 3.8) is 0 Å². The molecule has 7 nitrogen and oxygen atoms in total. The van der Waals surface area contributed by atoms with Crippen molar-refractivity contribution in [3.8, 4) is 12.1 Å². The number of rotatable bonds is 7. The molecule has 30 heavy (non-hydrogen) atoms. The van der Waals surface area contributed by atoms with Crippen LogP contribution in [0.4, 0.5) is 5.69 Å². The first-order chi connectivity index (χ1) is 14.6. The number of nitriles is 2. The molecule has 0 atom stereocenters. The minimum absolute atomic E-state index is 0.324. The zero-order valence-electron chi connectivity index (χ0n) is 16.0. The quantitative estimate of drug-likeness (QED) is 0.483. The minimum Gasteiger partial charge on any atom is -0.452 e. The summed E-state index contributed by atoms with van der Waals surface area (Å²) in [6.07, 6.45) is 5.13. The number of benzene rings is 2. The van der Waals surface area contributed by atoms with Crippen molar-refractivity contribution in [1.29, 1.82) is 10.5 Å². The molecule has 0 aliphatic heterocycles. The lowest BCUT2D eigenvalue weighted by Gasteiger charge is -2.06. The summed E-state index contributed by atoms with van der Waals surface area (Å²) in [5.74, 6) is -1.19. The smallest absolute Gasteiger partial charge is 0.331 e. The maximum atomic E-state index is 12.0. The Balaban J connectivity index is 1.62. The van der Waals surface area contributed by atoms with Crippen molar-refractivity contribution < 1.29 is 14.3 Å². The molecule has 0 radical (unpaired) electrons. The van der Waals surface area contributed by atoms with Gasteiger partial charge < -0.3 is 14.6 Å². The summed E-state index contributed by atoms with van der Waals surface area (Å²) < 4.78 is 6.95. The maximum absolute atomic E-state index is 12.0. The van der Waals surface area contributed by atoms with Crippen molar-refractivity contribution in [2.45, 2.75) is 13.0 Å². The summed E-state index contributed by atoms with van der Waals surface area (Å²) in [6.45, 7) is 0.0898. The number of para-hydroxylation sites is 2. The molecule has 0 fully saturated rings. The zero-order chi connectivity index (χ0) is 21.3. The Bertz CT molecular complexity index is 1200. The van der Waals surface area contributed by atoms with E-state index < -0.39 is 18.5 Å². The third kappa shape index (κ3) is 4.92. The van der Waals surface area contributed by atoms with Crippen LogP contribution in [0.3, 0.4) is 0 Å². The van der Waals surface area contributed by atoms with Crippen LogP contribution < -0.4 is 5.32 Å². The van der Waals surface area contributed by atoms with Crippen LogP contribution in [0.1, 0.15) is 17.5 Å². The lowest BCUT2D eigenvalue weighted by atomic mass is 10.1. The molecule has 3 rings (SSSR count). The Kier molecular flexibility index (Phi) is 6.60. The third-order valence-electron chi connectivity index (χ3n) is 4.35. The van der Waals surface area contributed by atoms with Crippen molar-refractivity contribution >= 4 is 34.5 Å². The molecular weight excluding hydrogens is 380 g/mol. The van der Waals surface area contributed by atoms with Crippen LogP contribution in [-0.2, 0) is 20.9 Å². The average Bonchev–Trinajstić information content (AvgIpc) is 3.13. The van der Waals surface area contributed by atoms with Crippen LogP contribution in [0, 0.1) is 22.7 Å². The van der Waals surface area contributed by atoms with Crippen molar-refractivity contribution in [2.75, 3.05) is 11.9 Å². The first-order valence-electron chi connectivity index (χ1n) is 9.21. The predicted molar refractivity (Wildman–Crippen MR) is 112 cm³/mol. The molecule has 0 unspecified atom stereocenters. The van der Waals surface area contributed by atoms with E-state index in [9.17, 15) is 9.59 Å². The second-order valence-electron chi connectivity index (χ2n) is 6.35. The Morgan fingerprint density at radius 3 is 2.67 bits per heavy atom. The predicted octanol–water partition coefficient (Wildman–Crippen LogP) is 3.62. The Hall–Kier alpha value is -4.36. The number of fused-ring (bicyclic) bond motifs is 1. The van der Waals surface area contributed by atoms with E-state index in [1.165, 1.54) is 6.08 Å². The number of esters is 1. The highest BCUT2D eigenvalue weighted by Gasteiger charge is 2.09. The van der Waals surface area contributed by atoms with E-state index in [4.69, 9.17) is 15.3 Å². The molecule has 7 heteroatoms. The van der Waals surface area contributed by atoms with Crippen LogP contribution in [0.15, 0.2) is 60.8 Å². The molecule has 0 spiro atoms. The molecule has 0 aliphatic carbocycles. The van der Waals surface area contributed by atoms with Gasteiger partial charge in [-0.1, -0.05) is 30.3 Å². The van der Waals surface area contributed by atoms with Gasteiger partial charge in [-0.2, -0.15) is 10.5 Å². The first-order valence-corrected chi connectivity index (χ1v) is 9.21. The second-order valence-corrected chi connectivity index (χ2v) is 6.35. The van der Waals surface area contributed by atoms with Gasteiger partial charge in [0.2, 0.25) is 0 Å². The largest absolute Gasteiger partial charge is 0.452 e. The van der Waals surface area contributed by atoms with Gasteiger partial charge in [0.1, 0.15) is 6.07 Å². The highest BCUT2D eigenvalue weighted by Crippen LogP contribution is 2.23. The van der Waals surface area contributed by atoms with E-state index in [1.54, 1.807) is 30.3 Å². The average molecular weight is 398 g/mol. The number of amides is 1. The molecule has 0 saturated carbocycles. The summed E-state index contributed by atoms with van der Waals surface area (Å²) in [4.78, 5) is 24.0. The van der Waals surface area contributed by atoms with Gasteiger partial charge >= 0.3 is 5.97 Å². The number of nitrogens with zero attached hydrogens (tertiary/aromatic N) is 3. The highest BCUT2D eigenvalue weighted by molar-refractivity contribution is 5.97. The SMILES string of the molecule is N#CCCn1cc(/C=C/C(=O)OCC(=O)Nc2ccccc2C#N)c2ccccc21. The van der Waals surface area contributed by atoms with Gasteiger partial charge in [-0.05, 0) is 24.3 Å². The Morgan fingerprint density at radius 1 is 1.10 bits per heavy atom. The number of hydrogen-bond acceptors (Lipinski definition) is 5. The summed E-state index contributed by atoms with van der Waals surface area (Å²) in [7, 11) is 0. The molecule has 1 amide bonds. The summed E-state index contributed by atoms with van der Waals surface area (Å²) in [6, 6.07) is 18.4. The van der Waals surface area contributed by atoms with E-state index in [2.05, 4.69) is 11.4 Å². The number of hydrogen-bond donors (Lipinski definition) is 1. The maximum Gasteiger partial charge on any atom is 0.331 e. The fourth-order valence-electron chi connectivity index (χ4n) is 2.98. The molecule has 2 aromatic carbocycles. The fourth-order valence-corrected chi connectivity index (χ4v) is 2.98. The van der Waals surface area contributed by atoms with E-state index >= 15 is 0 Å². The number of ether oxygens (including phenoxy) is 1. The van der Waals surface area contributed by atoms with Crippen LogP contribution in [0.2, 0.25) is 0 Å². The minimum atomic E-state index is -0.660. The molecule has 3 aromatic rings. The van der Waals surface area contributed by atoms with Crippen LogP contribution >= 0.6 is 0 Å². The normalized spacial score (nSPS) is 10.5. The summed E-state index contributed by atoms with van der Waals surface area (Å²) in [5, 5.41) is 21.4. The van der Waals surface area contributed by atoms with Crippen molar-refractivity contribution in [1.82, 2.24) is 4.57 Å². The molecule has 1 aromatic heterocycles. The third-order valence-corrected chi connectivity index (χ3v) is 4.35. The standard InChI is InChI=1S/C23H18N4O3/c24-12-5-13-27-15-18(19-7-2-4-9-21(19)27)10-11-23(29)30-16-22(28)26-20-8-3-1-6-17(20)14-25/h1-4,6-11,15H,5,13,16H2,(H,26,28)/b11-10+. The fraction of sp³-hybridized carbons (Fsp3) is 0.130. The first kappa shape index (κ1) is 20.4. The number of anilines is 1. The lowest BCUT2D eigenvalue weighted by Crippen LogP contribution is -2.20. The van der Waals surface area contributed by atoms with Crippen molar-refractivity contribution in [3.05, 3.63) is 71.9 Å². The van der Waals surface area contributed by atoms with E-state index in [1.807, 2.05) is 41.1 Å². The van der Waals surface area contributed by atoms with Gasteiger partial charge in [0, 0.05) is 35.3 Å². The number of carbonyl (C=O) groups is 2. The summed E-state index contributed by atoms with van der Waals surface area (Å²) >= 11 is 0. The van der Waals surface area contributed by atoms with E-state index in [0.717, 1.165) is 16.5 Å². The number of aromatic nitrogens is 1. The van der Waals surface area contributed by atoms with Crippen LogP contribution in [-0.4, -0.2) is 23.1 Å². The molecule has 1 heterocycles. The molecule has 0 aliphatic rings. The molecule has 1 N–H and O–H groups in total. The van der Waals surface area contributed by atoms with Gasteiger partial charge in [0.15, 0.2) is 6.61 Å². The highest BCUT2D eigenvalue weighted by atomic mass is 16.5. The molecule has 0 saturated heterocycles. The number of nitrogens with one attached hydrogen (secondary N) is 1. The van der Waals surface area contributed by atoms with Gasteiger partial charge in [0.05, 0.1) is 23.7 Å². The number of aryl methyl sites for hydroxylation is 1. The number of carbonyl (C=O) groups excluding carboxylic acids is 2. The van der Waals surface area contributed by atoms with E-state index in [0.29, 0.717) is 24.2 Å². The summed E-state index contributed by atoms with van der Waals surface area (Å²) in [5.41, 5.74) is 2.47. The van der Waals surface area contributed by atoms with Crippen molar-refractivity contribution in [2.24, 2.45) is 0 Å². The molecule has 148 valence electrons.